The van der Waals surface area contributed by atoms with Crippen LogP contribution in [0.2, 0.25) is 0 Å². The minimum absolute atomic E-state index is 0.131. The standard InChI is InChI=1S/C38H60NP/c1-11-38(37(8,28(2)3)40(38,9)10)39-26-21-33(30(5)36(7)24-16-13-17-25-36)34(39)32-20-18-19-31(27-32)29(4)35(6)22-14-12-15-23-35/h18-21,26-30H,9,11-17,22-25H2,1-8,10H3. The fourth-order valence-corrected chi connectivity index (χ4v) is 15.5. The van der Waals surface area contributed by atoms with Crippen LogP contribution < -0.4 is 0 Å². The minimum atomic E-state index is -1.44. The molecule has 2 aromatic rings. The van der Waals surface area contributed by atoms with E-state index in [2.05, 4.69) is 103 Å². The van der Waals surface area contributed by atoms with E-state index in [0.29, 0.717) is 28.6 Å². The van der Waals surface area contributed by atoms with E-state index >= 15 is 0 Å². The number of benzene rings is 1. The molecular formula is C38H60NP. The average molecular weight is 562 g/mol. The summed E-state index contributed by atoms with van der Waals surface area (Å²) in [5.41, 5.74) is 6.89. The lowest BCUT2D eigenvalue weighted by Gasteiger charge is -2.40. The van der Waals surface area contributed by atoms with Crippen molar-refractivity contribution in [1.82, 2.24) is 4.57 Å². The molecule has 0 radical (unpaired) electrons. The highest BCUT2D eigenvalue weighted by molar-refractivity contribution is 7.82. The van der Waals surface area contributed by atoms with Crippen molar-refractivity contribution in [2.75, 3.05) is 6.66 Å². The van der Waals surface area contributed by atoms with Gasteiger partial charge in [-0.15, -0.1) is 0 Å². The third-order valence-corrected chi connectivity index (χ3v) is 19.1. The summed E-state index contributed by atoms with van der Waals surface area (Å²) >= 11 is 0. The third kappa shape index (κ3) is 4.21. The van der Waals surface area contributed by atoms with E-state index in [1.807, 2.05) is 0 Å². The molecule has 1 saturated heterocycles. The van der Waals surface area contributed by atoms with Crippen molar-refractivity contribution in [3.8, 4) is 11.3 Å². The average Bonchev–Trinajstić information content (AvgIpc) is 3.19. The van der Waals surface area contributed by atoms with Crippen LogP contribution in [0.1, 0.15) is 149 Å². The van der Waals surface area contributed by atoms with Gasteiger partial charge in [0.25, 0.3) is 0 Å². The first-order chi connectivity index (χ1) is 18.8. The molecular weight excluding hydrogens is 501 g/mol. The zero-order valence-electron chi connectivity index (χ0n) is 27.6. The van der Waals surface area contributed by atoms with Crippen LogP contribution in [0.5, 0.6) is 0 Å². The Bertz CT molecular complexity index is 1250. The van der Waals surface area contributed by atoms with Crippen molar-refractivity contribution in [3.63, 3.8) is 0 Å². The Labute approximate surface area is 247 Å². The Morgan fingerprint density at radius 3 is 1.88 bits per heavy atom. The molecule has 0 N–H and O–H groups in total. The molecule has 40 heavy (non-hydrogen) atoms. The van der Waals surface area contributed by atoms with Crippen LogP contribution in [0.3, 0.4) is 0 Å². The second-order valence-corrected chi connectivity index (χ2v) is 19.7. The van der Waals surface area contributed by atoms with Crippen molar-refractivity contribution in [3.05, 3.63) is 47.7 Å². The molecule has 5 atom stereocenters. The number of hydrogen-bond donors (Lipinski definition) is 0. The van der Waals surface area contributed by atoms with Gasteiger partial charge in [0, 0.05) is 11.4 Å². The molecule has 1 aromatic carbocycles. The Hall–Kier alpha value is -1.20. The molecule has 3 aliphatic rings. The minimum Gasteiger partial charge on any atom is -0.336 e. The van der Waals surface area contributed by atoms with Crippen molar-refractivity contribution in [2.24, 2.45) is 16.7 Å². The topological polar surface area (TPSA) is 4.93 Å². The Balaban J connectivity index is 1.68. The van der Waals surface area contributed by atoms with E-state index in [9.17, 15) is 0 Å². The molecule has 1 aliphatic heterocycles. The van der Waals surface area contributed by atoms with Gasteiger partial charge in [-0.3, -0.25) is 0 Å². The SMILES string of the molecule is C=P1(C)C(C)(C(C)C)C1(CC)n1ccc(C(C)C2(C)CCCCC2)c1-c1cccc(C(C)C2(C)CCCCC2)c1. The van der Waals surface area contributed by atoms with Crippen molar-refractivity contribution in [2.45, 2.75) is 148 Å². The van der Waals surface area contributed by atoms with Crippen LogP contribution in [0.4, 0.5) is 0 Å². The van der Waals surface area contributed by atoms with E-state index in [0.717, 1.165) is 6.42 Å². The van der Waals surface area contributed by atoms with Gasteiger partial charge < -0.3 is 4.57 Å². The molecule has 0 amide bonds. The first kappa shape index (κ1) is 30.3. The van der Waals surface area contributed by atoms with E-state index in [4.69, 9.17) is 6.30 Å². The smallest absolute Gasteiger partial charge is 0.0728 e. The molecule has 2 heteroatoms. The van der Waals surface area contributed by atoms with E-state index in [-0.39, 0.29) is 10.4 Å². The van der Waals surface area contributed by atoms with Gasteiger partial charge in [0.1, 0.15) is 0 Å². The highest BCUT2D eigenvalue weighted by Gasteiger charge is 2.76. The summed E-state index contributed by atoms with van der Waals surface area (Å²) in [5, 5.41) is 0.393. The van der Waals surface area contributed by atoms with Crippen LogP contribution in [-0.2, 0) is 5.28 Å². The van der Waals surface area contributed by atoms with Gasteiger partial charge in [0.15, 0.2) is 0 Å². The molecule has 3 fully saturated rings. The normalized spacial score (nSPS) is 33.0. The summed E-state index contributed by atoms with van der Waals surface area (Å²) in [6.07, 6.45) is 22.5. The molecule has 0 bridgehead atoms. The van der Waals surface area contributed by atoms with Crippen LogP contribution in [0.25, 0.3) is 11.3 Å². The van der Waals surface area contributed by atoms with Crippen LogP contribution in [-0.4, -0.2) is 22.7 Å². The highest BCUT2D eigenvalue weighted by atomic mass is 31.2. The van der Waals surface area contributed by atoms with Gasteiger partial charge >= 0.3 is 0 Å². The Kier molecular flexibility index (Phi) is 7.95. The van der Waals surface area contributed by atoms with E-state index < -0.39 is 6.89 Å². The van der Waals surface area contributed by atoms with E-state index in [1.54, 1.807) is 5.56 Å². The highest BCUT2D eigenvalue weighted by Crippen LogP contribution is 2.93. The maximum Gasteiger partial charge on any atom is 0.0728 e. The van der Waals surface area contributed by atoms with Gasteiger partial charge in [0.2, 0.25) is 0 Å². The number of rotatable bonds is 8. The number of aromatic nitrogens is 1. The molecule has 2 aliphatic carbocycles. The Morgan fingerprint density at radius 2 is 1.38 bits per heavy atom. The molecule has 2 saturated carbocycles. The molecule has 5 rings (SSSR count). The van der Waals surface area contributed by atoms with E-state index in [1.165, 1.54) is 81.0 Å². The monoisotopic (exact) mass is 561 g/mol. The number of hydrogen-bond acceptors (Lipinski definition) is 0. The quantitative estimate of drug-likeness (QED) is 0.282. The maximum atomic E-state index is 5.06. The lowest BCUT2D eigenvalue weighted by atomic mass is 9.65. The Morgan fingerprint density at radius 1 is 0.825 bits per heavy atom. The largest absolute Gasteiger partial charge is 0.336 e. The van der Waals surface area contributed by atoms with Gasteiger partial charge in [-0.1, -0.05) is 125 Å². The maximum absolute atomic E-state index is 5.06. The summed E-state index contributed by atoms with van der Waals surface area (Å²) in [7, 11) is 0. The van der Waals surface area contributed by atoms with Crippen LogP contribution >= 0.6 is 6.89 Å². The predicted octanol–water partition coefficient (Wildman–Crippen LogP) is 11.9. The van der Waals surface area contributed by atoms with Crippen LogP contribution in [0, 0.1) is 16.7 Å². The molecule has 5 unspecified atom stereocenters. The summed E-state index contributed by atoms with van der Waals surface area (Å²) < 4.78 is 2.80. The molecule has 2 heterocycles. The van der Waals surface area contributed by atoms with Crippen molar-refractivity contribution < 1.29 is 0 Å². The van der Waals surface area contributed by atoms with Gasteiger partial charge in [-0.05, 0) is 96.2 Å². The first-order valence-corrected chi connectivity index (χ1v) is 19.3. The predicted molar refractivity (Wildman–Crippen MR) is 181 cm³/mol. The number of nitrogens with zero attached hydrogens (tertiary/aromatic N) is 1. The fraction of sp³-hybridized carbons (Fsp3) is 0.711. The molecule has 222 valence electrons. The van der Waals surface area contributed by atoms with Crippen LogP contribution in [0.15, 0.2) is 36.5 Å². The van der Waals surface area contributed by atoms with Gasteiger partial charge in [0.05, 0.1) is 11.0 Å². The van der Waals surface area contributed by atoms with Gasteiger partial charge in [-0.25, -0.2) is 0 Å². The molecule has 1 nitrogen and oxygen atoms in total. The zero-order chi connectivity index (χ0) is 29.1. The first-order valence-electron chi connectivity index (χ1n) is 16.8. The zero-order valence-corrected chi connectivity index (χ0v) is 28.5. The van der Waals surface area contributed by atoms with Crippen molar-refractivity contribution >= 4 is 13.2 Å². The molecule has 1 aromatic heterocycles. The second-order valence-electron chi connectivity index (χ2n) is 15.7. The summed E-state index contributed by atoms with van der Waals surface area (Å²) in [4.78, 5) is 0. The second kappa shape index (κ2) is 10.5. The third-order valence-electron chi connectivity index (χ3n) is 13.7. The lowest BCUT2D eigenvalue weighted by Crippen LogP contribution is -2.32. The lowest BCUT2D eigenvalue weighted by molar-refractivity contribution is 0.177. The summed E-state index contributed by atoms with van der Waals surface area (Å²) in [6.45, 7) is 21.2. The summed E-state index contributed by atoms with van der Waals surface area (Å²) in [6, 6.07) is 12.4. The summed E-state index contributed by atoms with van der Waals surface area (Å²) in [5.74, 6) is 1.75. The van der Waals surface area contributed by atoms with Crippen molar-refractivity contribution in [1.29, 1.82) is 0 Å². The van der Waals surface area contributed by atoms with Gasteiger partial charge in [-0.2, -0.15) is 0 Å². The fourth-order valence-electron chi connectivity index (χ4n) is 10.1. The molecule has 0 spiro atoms.